The Labute approximate surface area is 208 Å². The first-order chi connectivity index (χ1) is 16.2. The van der Waals surface area contributed by atoms with Crippen LogP contribution < -0.4 is 9.46 Å². The van der Waals surface area contributed by atoms with Crippen LogP contribution in [-0.4, -0.2) is 26.1 Å². The van der Waals surface area contributed by atoms with Gasteiger partial charge in [0.25, 0.3) is 0 Å². The maximum Gasteiger partial charge on any atom is 0.341 e. The topological polar surface area (TPSA) is 92.7 Å². The summed E-state index contributed by atoms with van der Waals surface area (Å²) in [6.45, 7) is 1.40. The normalized spacial score (nSPS) is 15.6. The lowest BCUT2D eigenvalue weighted by atomic mass is 9.87. The molecule has 0 spiro atoms. The van der Waals surface area contributed by atoms with E-state index in [1.165, 1.54) is 0 Å². The summed E-state index contributed by atoms with van der Waals surface area (Å²) < 4.78 is 34.7. The number of aliphatic carboxylic acids is 1. The Kier molecular flexibility index (Phi) is 7.19. The zero-order valence-electron chi connectivity index (χ0n) is 18.3. The van der Waals surface area contributed by atoms with Gasteiger partial charge in [-0.1, -0.05) is 47.5 Å². The minimum Gasteiger partial charge on any atom is -0.482 e. The van der Waals surface area contributed by atoms with Crippen molar-refractivity contribution in [3.63, 3.8) is 0 Å². The van der Waals surface area contributed by atoms with Crippen molar-refractivity contribution in [2.24, 2.45) is 0 Å². The van der Waals surface area contributed by atoms with Crippen LogP contribution >= 0.6 is 23.2 Å². The van der Waals surface area contributed by atoms with E-state index < -0.39 is 28.6 Å². The molecule has 9 heteroatoms. The maximum absolute atomic E-state index is 13.3. The van der Waals surface area contributed by atoms with Crippen molar-refractivity contribution >= 4 is 39.2 Å². The van der Waals surface area contributed by atoms with Crippen LogP contribution in [0.15, 0.2) is 59.5 Å². The number of carboxylic acid groups (broad SMARTS) is 1. The highest BCUT2D eigenvalue weighted by atomic mass is 35.5. The molecule has 1 aliphatic rings. The molecule has 0 fully saturated rings. The lowest BCUT2D eigenvalue weighted by molar-refractivity contribution is -0.139. The van der Waals surface area contributed by atoms with Crippen LogP contribution in [0.25, 0.3) is 11.1 Å². The van der Waals surface area contributed by atoms with Crippen LogP contribution in [0.2, 0.25) is 10.0 Å². The summed E-state index contributed by atoms with van der Waals surface area (Å²) in [5.41, 5.74) is 4.14. The van der Waals surface area contributed by atoms with Gasteiger partial charge in [-0.05, 0) is 84.3 Å². The molecular formula is C25H23Cl2NO5S. The van der Waals surface area contributed by atoms with E-state index in [0.717, 1.165) is 34.2 Å². The lowest BCUT2D eigenvalue weighted by Crippen LogP contribution is -2.31. The molecule has 3 aromatic rings. The highest BCUT2D eigenvalue weighted by Crippen LogP contribution is 2.37. The average molecular weight is 520 g/mol. The number of nitrogens with one attached hydrogen (secondary N) is 1. The SMILES string of the molecule is Cc1cc(S(=O)(=O)NC2CCCc3c(OCC(=O)O)cccc32)ccc1-c1ccc(Cl)c(Cl)c1. The number of fused-ring (bicyclic) bond motifs is 1. The van der Waals surface area contributed by atoms with Crippen molar-refractivity contribution in [2.45, 2.75) is 37.1 Å². The molecule has 0 saturated carbocycles. The van der Waals surface area contributed by atoms with Gasteiger partial charge in [0.15, 0.2) is 6.61 Å². The first kappa shape index (κ1) is 24.5. The number of hydrogen-bond donors (Lipinski definition) is 2. The van der Waals surface area contributed by atoms with E-state index in [1.807, 2.05) is 19.1 Å². The Hall–Kier alpha value is -2.58. The third kappa shape index (κ3) is 5.23. The molecule has 2 N–H and O–H groups in total. The zero-order valence-corrected chi connectivity index (χ0v) is 20.7. The molecule has 3 aromatic carbocycles. The van der Waals surface area contributed by atoms with E-state index in [1.54, 1.807) is 42.5 Å². The Morgan fingerprint density at radius 3 is 2.62 bits per heavy atom. The highest BCUT2D eigenvalue weighted by Gasteiger charge is 2.28. The van der Waals surface area contributed by atoms with Gasteiger partial charge in [0, 0.05) is 6.04 Å². The Bertz CT molecular complexity index is 1360. The van der Waals surface area contributed by atoms with E-state index in [9.17, 15) is 13.2 Å². The Morgan fingerprint density at radius 2 is 1.91 bits per heavy atom. The number of carbonyl (C=O) groups is 1. The molecule has 178 valence electrons. The van der Waals surface area contributed by atoms with Gasteiger partial charge in [0.05, 0.1) is 14.9 Å². The van der Waals surface area contributed by atoms with E-state index in [0.29, 0.717) is 28.6 Å². The number of hydrogen-bond acceptors (Lipinski definition) is 4. The number of sulfonamides is 1. The fraction of sp³-hybridized carbons (Fsp3) is 0.240. The largest absolute Gasteiger partial charge is 0.482 e. The van der Waals surface area contributed by atoms with Gasteiger partial charge in [0.1, 0.15) is 5.75 Å². The highest BCUT2D eigenvalue weighted by molar-refractivity contribution is 7.89. The van der Waals surface area contributed by atoms with Crippen molar-refractivity contribution in [1.29, 1.82) is 0 Å². The van der Waals surface area contributed by atoms with E-state index in [4.69, 9.17) is 33.0 Å². The van der Waals surface area contributed by atoms with Gasteiger partial charge in [-0.15, -0.1) is 0 Å². The maximum atomic E-state index is 13.3. The van der Waals surface area contributed by atoms with E-state index in [2.05, 4.69) is 4.72 Å². The minimum absolute atomic E-state index is 0.166. The quantitative estimate of drug-likeness (QED) is 0.412. The fourth-order valence-electron chi connectivity index (χ4n) is 4.26. The number of rotatable bonds is 7. The molecule has 4 rings (SSSR count). The van der Waals surface area contributed by atoms with E-state index in [-0.39, 0.29) is 4.90 Å². The fourth-order valence-corrected chi connectivity index (χ4v) is 5.89. The van der Waals surface area contributed by atoms with Crippen molar-refractivity contribution in [1.82, 2.24) is 4.72 Å². The van der Waals surface area contributed by atoms with Crippen molar-refractivity contribution < 1.29 is 23.1 Å². The van der Waals surface area contributed by atoms with E-state index >= 15 is 0 Å². The molecule has 1 unspecified atom stereocenters. The van der Waals surface area contributed by atoms with Gasteiger partial charge in [0.2, 0.25) is 10.0 Å². The van der Waals surface area contributed by atoms with Gasteiger partial charge in [-0.2, -0.15) is 0 Å². The summed E-state index contributed by atoms with van der Waals surface area (Å²) in [6, 6.07) is 15.1. The minimum atomic E-state index is -3.81. The van der Waals surface area contributed by atoms with Crippen LogP contribution in [0.4, 0.5) is 0 Å². The first-order valence-electron chi connectivity index (χ1n) is 10.7. The number of aryl methyl sites for hydroxylation is 1. The van der Waals surface area contributed by atoms with Crippen molar-refractivity contribution in [3.05, 3.63) is 81.3 Å². The van der Waals surface area contributed by atoms with Gasteiger partial charge >= 0.3 is 5.97 Å². The van der Waals surface area contributed by atoms with Crippen LogP contribution in [0.5, 0.6) is 5.75 Å². The van der Waals surface area contributed by atoms with Crippen LogP contribution in [-0.2, 0) is 21.2 Å². The molecule has 0 bridgehead atoms. The summed E-state index contributed by atoms with van der Waals surface area (Å²) in [4.78, 5) is 11.1. The summed E-state index contributed by atoms with van der Waals surface area (Å²) in [7, 11) is -3.81. The molecule has 0 heterocycles. The standard InChI is InChI=1S/C25H23Cl2NO5S/c1-15-12-17(9-10-18(15)16-8-11-21(26)22(27)13-16)34(31,32)28-23-6-2-5-20-19(23)4-3-7-24(20)33-14-25(29)30/h3-4,7-13,23,28H,2,5-6,14H2,1H3,(H,29,30). The average Bonchev–Trinajstić information content (AvgIpc) is 2.79. The van der Waals surface area contributed by atoms with Gasteiger partial charge in [-0.25, -0.2) is 17.9 Å². The van der Waals surface area contributed by atoms with Gasteiger partial charge < -0.3 is 9.84 Å². The molecule has 0 radical (unpaired) electrons. The smallest absolute Gasteiger partial charge is 0.341 e. The summed E-state index contributed by atoms with van der Waals surface area (Å²) in [6.07, 6.45) is 2.08. The Balaban J connectivity index is 1.60. The molecule has 0 saturated heterocycles. The van der Waals surface area contributed by atoms with Crippen molar-refractivity contribution in [3.8, 4) is 16.9 Å². The molecule has 6 nitrogen and oxygen atoms in total. The zero-order chi connectivity index (χ0) is 24.5. The molecule has 0 aromatic heterocycles. The van der Waals surface area contributed by atoms with Gasteiger partial charge in [-0.3, -0.25) is 0 Å². The third-order valence-corrected chi connectivity index (χ3v) is 8.06. The van der Waals surface area contributed by atoms with Crippen LogP contribution in [0, 0.1) is 6.92 Å². The lowest BCUT2D eigenvalue weighted by Gasteiger charge is -2.27. The third-order valence-electron chi connectivity index (χ3n) is 5.85. The second-order valence-electron chi connectivity index (χ2n) is 8.18. The predicted octanol–water partition coefficient (Wildman–Crippen LogP) is 5.79. The second-order valence-corrected chi connectivity index (χ2v) is 10.7. The number of halogens is 2. The second kappa shape index (κ2) is 9.96. The number of carboxylic acids is 1. The number of benzene rings is 3. The molecular weight excluding hydrogens is 497 g/mol. The predicted molar refractivity (Wildman–Crippen MR) is 132 cm³/mol. The summed E-state index contributed by atoms with van der Waals surface area (Å²) in [5, 5.41) is 9.81. The summed E-state index contributed by atoms with van der Waals surface area (Å²) in [5.74, 6) is -0.587. The molecule has 1 atom stereocenters. The number of ether oxygens (including phenoxy) is 1. The van der Waals surface area contributed by atoms with Crippen molar-refractivity contribution in [2.75, 3.05) is 6.61 Å². The summed E-state index contributed by atoms with van der Waals surface area (Å²) >= 11 is 12.1. The molecule has 1 aliphatic carbocycles. The first-order valence-corrected chi connectivity index (χ1v) is 12.9. The molecule has 0 aliphatic heterocycles. The Morgan fingerprint density at radius 1 is 1.12 bits per heavy atom. The van der Waals surface area contributed by atoms with Crippen LogP contribution in [0.3, 0.4) is 0 Å². The monoisotopic (exact) mass is 519 g/mol. The molecule has 0 amide bonds. The van der Waals surface area contributed by atoms with Crippen LogP contribution in [0.1, 0.15) is 35.6 Å². The molecule has 34 heavy (non-hydrogen) atoms.